The Bertz CT molecular complexity index is 380. The van der Waals surface area contributed by atoms with Crippen LogP contribution in [-0.4, -0.2) is 24.0 Å². The Kier molecular flexibility index (Phi) is 3.61. The summed E-state index contributed by atoms with van der Waals surface area (Å²) in [5.74, 6) is 1.38. The van der Waals surface area contributed by atoms with E-state index in [0.29, 0.717) is 5.56 Å². The normalized spacial score (nSPS) is 17.1. The molecule has 0 spiro atoms. The smallest absolute Gasteiger partial charge is 0.250 e. The summed E-state index contributed by atoms with van der Waals surface area (Å²) in [6, 6.07) is 3.63. The van der Waals surface area contributed by atoms with Gasteiger partial charge in [-0.2, -0.15) is 0 Å². The minimum Gasteiger partial charge on any atom is -0.366 e. The molecule has 1 fully saturated rings. The van der Waals surface area contributed by atoms with Gasteiger partial charge in [0.2, 0.25) is 5.91 Å². The van der Waals surface area contributed by atoms with E-state index in [9.17, 15) is 4.79 Å². The molecule has 1 aliphatic rings. The first-order valence-corrected chi connectivity index (χ1v) is 6.21. The zero-order valence-electron chi connectivity index (χ0n) is 10.2. The molecule has 0 bridgehead atoms. The predicted molar refractivity (Wildman–Crippen MR) is 68.0 cm³/mol. The van der Waals surface area contributed by atoms with Crippen LogP contribution >= 0.6 is 0 Å². The average Bonchev–Trinajstić information content (AvgIpc) is 2.39. The van der Waals surface area contributed by atoms with Gasteiger partial charge in [-0.3, -0.25) is 4.79 Å². The van der Waals surface area contributed by atoms with Gasteiger partial charge in [-0.1, -0.05) is 13.3 Å². The molecule has 1 aromatic heterocycles. The van der Waals surface area contributed by atoms with Crippen LogP contribution in [0.15, 0.2) is 18.3 Å². The summed E-state index contributed by atoms with van der Waals surface area (Å²) in [6.07, 6.45) is 5.29. The van der Waals surface area contributed by atoms with Crippen LogP contribution in [0, 0.1) is 5.92 Å². The Morgan fingerprint density at radius 2 is 2.18 bits per heavy atom. The summed E-state index contributed by atoms with van der Waals surface area (Å²) in [6.45, 7) is 4.36. The van der Waals surface area contributed by atoms with Crippen LogP contribution in [0.3, 0.4) is 0 Å². The molecule has 1 saturated heterocycles. The lowest BCUT2D eigenvalue weighted by Crippen LogP contribution is -2.34. The monoisotopic (exact) mass is 233 g/mol. The second-order valence-corrected chi connectivity index (χ2v) is 4.61. The van der Waals surface area contributed by atoms with Crippen molar-refractivity contribution in [3.8, 4) is 0 Å². The number of piperidine rings is 1. The third-order valence-corrected chi connectivity index (χ3v) is 3.55. The zero-order chi connectivity index (χ0) is 12.3. The summed E-state index contributed by atoms with van der Waals surface area (Å²) in [4.78, 5) is 17.5. The molecule has 17 heavy (non-hydrogen) atoms. The number of nitrogens with two attached hydrogens (primary N) is 1. The van der Waals surface area contributed by atoms with Crippen molar-refractivity contribution in [1.29, 1.82) is 0 Å². The molecular formula is C13H19N3O. The number of hydrogen-bond donors (Lipinski definition) is 1. The maximum atomic E-state index is 10.9. The molecule has 2 N–H and O–H groups in total. The van der Waals surface area contributed by atoms with Crippen LogP contribution in [0.4, 0.5) is 5.82 Å². The SMILES string of the molecule is CCC1CCN(c2ccc(C(N)=O)cn2)CC1. The fourth-order valence-electron chi connectivity index (χ4n) is 2.29. The van der Waals surface area contributed by atoms with Gasteiger partial charge in [0, 0.05) is 19.3 Å². The van der Waals surface area contributed by atoms with Crippen molar-refractivity contribution in [3.05, 3.63) is 23.9 Å². The molecule has 1 amide bonds. The summed E-state index contributed by atoms with van der Waals surface area (Å²) in [5, 5.41) is 0. The third-order valence-electron chi connectivity index (χ3n) is 3.55. The molecule has 92 valence electrons. The summed E-state index contributed by atoms with van der Waals surface area (Å²) >= 11 is 0. The number of primary amides is 1. The van der Waals surface area contributed by atoms with E-state index < -0.39 is 5.91 Å². The molecule has 0 aliphatic carbocycles. The highest BCUT2D eigenvalue weighted by molar-refractivity contribution is 5.92. The number of amides is 1. The fraction of sp³-hybridized carbons (Fsp3) is 0.538. The summed E-state index contributed by atoms with van der Waals surface area (Å²) in [5.41, 5.74) is 5.66. The number of pyridine rings is 1. The molecule has 0 saturated carbocycles. The Hall–Kier alpha value is -1.58. The molecule has 2 rings (SSSR count). The minimum absolute atomic E-state index is 0.422. The summed E-state index contributed by atoms with van der Waals surface area (Å²) < 4.78 is 0. The maximum Gasteiger partial charge on any atom is 0.250 e. The van der Waals surface area contributed by atoms with E-state index in [0.717, 1.165) is 24.8 Å². The van der Waals surface area contributed by atoms with Crippen LogP contribution < -0.4 is 10.6 Å². The van der Waals surface area contributed by atoms with E-state index >= 15 is 0 Å². The first-order valence-electron chi connectivity index (χ1n) is 6.21. The van der Waals surface area contributed by atoms with Crippen molar-refractivity contribution in [1.82, 2.24) is 4.98 Å². The van der Waals surface area contributed by atoms with Crippen molar-refractivity contribution >= 4 is 11.7 Å². The summed E-state index contributed by atoms with van der Waals surface area (Å²) in [7, 11) is 0. The highest BCUT2D eigenvalue weighted by Gasteiger charge is 2.18. The second kappa shape index (κ2) is 5.17. The Morgan fingerprint density at radius 3 is 2.65 bits per heavy atom. The van der Waals surface area contributed by atoms with Gasteiger partial charge in [-0.25, -0.2) is 4.98 Å². The van der Waals surface area contributed by atoms with Crippen molar-refractivity contribution in [3.63, 3.8) is 0 Å². The Labute approximate surface area is 102 Å². The number of carbonyl (C=O) groups is 1. The van der Waals surface area contributed by atoms with Crippen molar-refractivity contribution < 1.29 is 4.79 Å². The molecule has 0 aromatic carbocycles. The van der Waals surface area contributed by atoms with E-state index in [2.05, 4.69) is 16.8 Å². The lowest BCUT2D eigenvalue weighted by Gasteiger charge is -2.32. The minimum atomic E-state index is -0.422. The molecule has 0 unspecified atom stereocenters. The number of anilines is 1. The highest BCUT2D eigenvalue weighted by atomic mass is 16.1. The first-order chi connectivity index (χ1) is 8.20. The molecule has 0 radical (unpaired) electrons. The number of carbonyl (C=O) groups excluding carboxylic acids is 1. The molecule has 4 heteroatoms. The second-order valence-electron chi connectivity index (χ2n) is 4.61. The van der Waals surface area contributed by atoms with Gasteiger partial charge in [0.25, 0.3) is 0 Å². The van der Waals surface area contributed by atoms with Gasteiger partial charge in [0.15, 0.2) is 0 Å². The van der Waals surface area contributed by atoms with Crippen LogP contribution in [0.25, 0.3) is 0 Å². The standard InChI is InChI=1S/C13H19N3O/c1-2-10-5-7-16(8-6-10)12-4-3-11(9-15-12)13(14)17/h3-4,9-10H,2,5-8H2,1H3,(H2,14,17). The largest absolute Gasteiger partial charge is 0.366 e. The molecule has 0 atom stereocenters. The Morgan fingerprint density at radius 1 is 1.47 bits per heavy atom. The molecule has 1 aromatic rings. The van der Waals surface area contributed by atoms with E-state index in [-0.39, 0.29) is 0 Å². The number of hydrogen-bond acceptors (Lipinski definition) is 3. The van der Waals surface area contributed by atoms with Gasteiger partial charge in [0.05, 0.1) is 5.56 Å². The van der Waals surface area contributed by atoms with E-state index in [1.807, 2.05) is 6.07 Å². The average molecular weight is 233 g/mol. The number of aromatic nitrogens is 1. The van der Waals surface area contributed by atoms with Gasteiger partial charge < -0.3 is 10.6 Å². The maximum absolute atomic E-state index is 10.9. The van der Waals surface area contributed by atoms with Gasteiger partial charge in [0.1, 0.15) is 5.82 Å². The quantitative estimate of drug-likeness (QED) is 0.866. The van der Waals surface area contributed by atoms with Gasteiger partial charge in [-0.15, -0.1) is 0 Å². The van der Waals surface area contributed by atoms with Gasteiger partial charge >= 0.3 is 0 Å². The van der Waals surface area contributed by atoms with Crippen molar-refractivity contribution in [2.75, 3.05) is 18.0 Å². The lowest BCUT2D eigenvalue weighted by atomic mass is 9.94. The van der Waals surface area contributed by atoms with Crippen LogP contribution in [-0.2, 0) is 0 Å². The first kappa shape index (κ1) is 11.9. The number of nitrogens with zero attached hydrogens (tertiary/aromatic N) is 2. The van der Waals surface area contributed by atoms with E-state index in [4.69, 9.17) is 5.73 Å². The molecule has 1 aliphatic heterocycles. The van der Waals surface area contributed by atoms with Crippen LogP contribution in [0.1, 0.15) is 36.5 Å². The molecule has 4 nitrogen and oxygen atoms in total. The predicted octanol–water partition coefficient (Wildman–Crippen LogP) is 1.81. The van der Waals surface area contributed by atoms with E-state index in [1.54, 1.807) is 12.3 Å². The third kappa shape index (κ3) is 2.75. The Balaban J connectivity index is 2.01. The fourth-order valence-corrected chi connectivity index (χ4v) is 2.29. The van der Waals surface area contributed by atoms with Gasteiger partial charge in [-0.05, 0) is 30.9 Å². The number of rotatable bonds is 3. The van der Waals surface area contributed by atoms with Crippen LogP contribution in [0.2, 0.25) is 0 Å². The highest BCUT2D eigenvalue weighted by Crippen LogP contribution is 2.23. The molecular weight excluding hydrogens is 214 g/mol. The van der Waals surface area contributed by atoms with Crippen molar-refractivity contribution in [2.24, 2.45) is 11.7 Å². The van der Waals surface area contributed by atoms with Crippen molar-refractivity contribution in [2.45, 2.75) is 26.2 Å². The van der Waals surface area contributed by atoms with Crippen LogP contribution in [0.5, 0.6) is 0 Å². The lowest BCUT2D eigenvalue weighted by molar-refractivity contribution is 0.1000. The topological polar surface area (TPSA) is 59.2 Å². The van der Waals surface area contributed by atoms with E-state index in [1.165, 1.54) is 19.3 Å². The zero-order valence-corrected chi connectivity index (χ0v) is 10.2. The molecule has 2 heterocycles.